The normalized spacial score (nSPS) is 14.2. The van der Waals surface area contributed by atoms with Crippen LogP contribution in [0.3, 0.4) is 0 Å². The largest absolute Gasteiger partial charge is 0.461 e. The van der Waals surface area contributed by atoms with Crippen molar-refractivity contribution in [2.75, 3.05) is 0 Å². The molecule has 3 aromatic rings. The lowest BCUT2D eigenvalue weighted by atomic mass is 10.2. The van der Waals surface area contributed by atoms with Crippen LogP contribution in [0.1, 0.15) is 28.9 Å². The molecule has 0 N–H and O–H groups in total. The van der Waals surface area contributed by atoms with Crippen LogP contribution in [0.2, 0.25) is 0 Å². The van der Waals surface area contributed by atoms with E-state index in [4.69, 9.17) is 8.94 Å². The molecule has 1 amide bonds. The number of carbonyl (C=O) groups excluding carboxylic acids is 1. The Morgan fingerprint density at radius 2 is 2.27 bits per heavy atom. The third kappa shape index (κ3) is 2.57. The van der Waals surface area contributed by atoms with Gasteiger partial charge in [0, 0.05) is 18.7 Å². The number of carbonyl (C=O) groups is 1. The highest BCUT2D eigenvalue weighted by Crippen LogP contribution is 2.31. The molecule has 1 aliphatic rings. The average Bonchev–Trinajstić information content (AvgIpc) is 3.01. The van der Waals surface area contributed by atoms with Gasteiger partial charge in [0.2, 0.25) is 5.76 Å². The third-order valence-electron chi connectivity index (χ3n) is 3.67. The molecular weight excluding hydrogens is 300 g/mol. The Kier molecular flexibility index (Phi) is 3.31. The van der Waals surface area contributed by atoms with Crippen molar-refractivity contribution < 1.29 is 13.7 Å². The monoisotopic (exact) mass is 314 g/mol. The van der Waals surface area contributed by atoms with Crippen molar-refractivity contribution in [3.63, 3.8) is 0 Å². The van der Waals surface area contributed by atoms with Crippen LogP contribution in [0.25, 0.3) is 11.5 Å². The number of furan rings is 1. The third-order valence-corrected chi connectivity index (χ3v) is 4.41. The molecule has 4 rings (SSSR count). The first-order valence-electron chi connectivity index (χ1n) is 7.14. The fourth-order valence-electron chi connectivity index (χ4n) is 2.39. The molecule has 3 heterocycles. The van der Waals surface area contributed by atoms with Crippen LogP contribution in [0, 0.1) is 0 Å². The van der Waals surface area contributed by atoms with Gasteiger partial charge in [-0.1, -0.05) is 5.16 Å². The van der Waals surface area contributed by atoms with Crippen molar-refractivity contribution in [1.29, 1.82) is 0 Å². The smallest absolute Gasteiger partial charge is 0.276 e. The van der Waals surface area contributed by atoms with E-state index in [2.05, 4.69) is 10.5 Å². The maximum Gasteiger partial charge on any atom is 0.276 e. The van der Waals surface area contributed by atoms with E-state index in [0.717, 1.165) is 18.4 Å². The topological polar surface area (TPSA) is 59.5 Å². The highest BCUT2D eigenvalue weighted by molar-refractivity contribution is 7.07. The van der Waals surface area contributed by atoms with Crippen LogP contribution in [-0.2, 0) is 6.54 Å². The SMILES string of the molecule is O=C(c1cc(-c2ccco2)on1)N(Cc1ccsc1)C1CC1. The number of thiophene rings is 1. The average molecular weight is 314 g/mol. The molecule has 22 heavy (non-hydrogen) atoms. The summed E-state index contributed by atoms with van der Waals surface area (Å²) < 4.78 is 10.5. The van der Waals surface area contributed by atoms with Gasteiger partial charge in [-0.15, -0.1) is 0 Å². The van der Waals surface area contributed by atoms with Crippen molar-refractivity contribution in [2.24, 2.45) is 0 Å². The fourth-order valence-corrected chi connectivity index (χ4v) is 3.05. The summed E-state index contributed by atoms with van der Waals surface area (Å²) in [4.78, 5) is 14.6. The van der Waals surface area contributed by atoms with Crippen molar-refractivity contribution >= 4 is 17.2 Å². The molecule has 1 fully saturated rings. The van der Waals surface area contributed by atoms with E-state index in [1.54, 1.807) is 35.8 Å². The molecule has 0 bridgehead atoms. The lowest BCUT2D eigenvalue weighted by Gasteiger charge is -2.20. The van der Waals surface area contributed by atoms with Gasteiger partial charge in [-0.2, -0.15) is 11.3 Å². The summed E-state index contributed by atoms with van der Waals surface area (Å²) in [6.07, 6.45) is 3.67. The second-order valence-corrected chi connectivity index (χ2v) is 6.13. The standard InChI is InChI=1S/C16H14N2O3S/c19-16(13-8-15(21-17-13)14-2-1-6-20-14)18(12-3-4-12)9-11-5-7-22-10-11/h1-2,5-8,10,12H,3-4,9H2. The first kappa shape index (κ1) is 13.3. The number of rotatable bonds is 5. The first-order chi connectivity index (χ1) is 10.8. The highest BCUT2D eigenvalue weighted by Gasteiger charge is 2.34. The minimum atomic E-state index is -0.0877. The lowest BCUT2D eigenvalue weighted by Crippen LogP contribution is -2.32. The van der Waals surface area contributed by atoms with E-state index in [-0.39, 0.29) is 5.91 Å². The summed E-state index contributed by atoms with van der Waals surface area (Å²) in [6.45, 7) is 0.621. The summed E-state index contributed by atoms with van der Waals surface area (Å²) in [6, 6.07) is 7.55. The van der Waals surface area contributed by atoms with E-state index < -0.39 is 0 Å². The second-order valence-electron chi connectivity index (χ2n) is 5.35. The van der Waals surface area contributed by atoms with Crippen LogP contribution in [-0.4, -0.2) is 22.0 Å². The Hall–Kier alpha value is -2.34. The van der Waals surface area contributed by atoms with Crippen molar-refractivity contribution in [3.8, 4) is 11.5 Å². The minimum Gasteiger partial charge on any atom is -0.461 e. The Morgan fingerprint density at radius 1 is 1.36 bits per heavy atom. The van der Waals surface area contributed by atoms with E-state index in [1.165, 1.54) is 0 Å². The number of hydrogen-bond acceptors (Lipinski definition) is 5. The Balaban J connectivity index is 1.56. The zero-order valence-corrected chi connectivity index (χ0v) is 12.6. The molecule has 0 unspecified atom stereocenters. The Bertz CT molecular complexity index is 757. The predicted octanol–water partition coefficient (Wildman–Crippen LogP) is 3.80. The zero-order valence-electron chi connectivity index (χ0n) is 11.8. The van der Waals surface area contributed by atoms with E-state index in [9.17, 15) is 4.79 Å². The molecule has 0 radical (unpaired) electrons. The van der Waals surface area contributed by atoms with Crippen LogP contribution >= 0.6 is 11.3 Å². The van der Waals surface area contributed by atoms with Crippen LogP contribution in [0.5, 0.6) is 0 Å². The first-order valence-corrected chi connectivity index (χ1v) is 8.08. The molecule has 112 valence electrons. The summed E-state index contributed by atoms with van der Waals surface area (Å²) in [5.74, 6) is 0.956. The molecule has 0 spiro atoms. The maximum absolute atomic E-state index is 12.7. The highest BCUT2D eigenvalue weighted by atomic mass is 32.1. The minimum absolute atomic E-state index is 0.0877. The van der Waals surface area contributed by atoms with Crippen LogP contribution in [0.4, 0.5) is 0 Å². The van der Waals surface area contributed by atoms with E-state index >= 15 is 0 Å². The fraction of sp³-hybridized carbons (Fsp3) is 0.250. The molecule has 5 nitrogen and oxygen atoms in total. The van der Waals surface area contributed by atoms with Crippen LogP contribution in [0.15, 0.2) is 50.2 Å². The Labute approximate surface area is 131 Å². The molecule has 1 saturated carbocycles. The molecular formula is C16H14N2O3S. The van der Waals surface area contributed by atoms with Crippen molar-refractivity contribution in [3.05, 3.63) is 52.5 Å². The van der Waals surface area contributed by atoms with Gasteiger partial charge in [-0.25, -0.2) is 0 Å². The number of amides is 1. The number of aromatic nitrogens is 1. The van der Waals surface area contributed by atoms with Gasteiger partial charge >= 0.3 is 0 Å². The second kappa shape index (κ2) is 5.46. The van der Waals surface area contributed by atoms with Gasteiger partial charge in [0.1, 0.15) is 0 Å². The van der Waals surface area contributed by atoms with Gasteiger partial charge < -0.3 is 13.8 Å². The molecule has 0 aliphatic heterocycles. The molecule has 6 heteroatoms. The molecule has 0 aromatic carbocycles. The van der Waals surface area contributed by atoms with Crippen molar-refractivity contribution in [2.45, 2.75) is 25.4 Å². The predicted molar refractivity (Wildman–Crippen MR) is 81.4 cm³/mol. The van der Waals surface area contributed by atoms with Gasteiger partial charge in [-0.05, 0) is 47.4 Å². The van der Waals surface area contributed by atoms with Gasteiger partial charge in [0.15, 0.2) is 11.5 Å². The summed E-state index contributed by atoms with van der Waals surface area (Å²) in [5.41, 5.74) is 1.48. The van der Waals surface area contributed by atoms with Gasteiger partial charge in [-0.3, -0.25) is 4.79 Å². The summed E-state index contributed by atoms with van der Waals surface area (Å²) >= 11 is 1.64. The lowest BCUT2D eigenvalue weighted by molar-refractivity contribution is 0.0719. The van der Waals surface area contributed by atoms with E-state index in [1.807, 2.05) is 16.3 Å². The molecule has 0 atom stereocenters. The van der Waals surface area contributed by atoms with Gasteiger partial charge in [0.25, 0.3) is 5.91 Å². The molecule has 1 aliphatic carbocycles. The number of hydrogen-bond donors (Lipinski definition) is 0. The maximum atomic E-state index is 12.7. The quantitative estimate of drug-likeness (QED) is 0.718. The zero-order chi connectivity index (χ0) is 14.9. The summed E-state index contributed by atoms with van der Waals surface area (Å²) in [5, 5.41) is 8.00. The van der Waals surface area contributed by atoms with E-state index in [0.29, 0.717) is 29.8 Å². The number of nitrogens with zero attached hydrogens (tertiary/aromatic N) is 2. The van der Waals surface area contributed by atoms with Crippen molar-refractivity contribution in [1.82, 2.24) is 10.1 Å². The summed E-state index contributed by atoms with van der Waals surface area (Å²) in [7, 11) is 0. The molecule has 3 aromatic heterocycles. The van der Waals surface area contributed by atoms with Crippen LogP contribution < -0.4 is 0 Å². The van der Waals surface area contributed by atoms with Gasteiger partial charge in [0.05, 0.1) is 6.26 Å². The molecule has 0 saturated heterocycles. The Morgan fingerprint density at radius 3 is 2.95 bits per heavy atom.